The normalized spacial score (nSPS) is 15.0. The summed E-state index contributed by atoms with van der Waals surface area (Å²) < 4.78 is 5.44. The average Bonchev–Trinajstić information content (AvgIpc) is 3.61. The summed E-state index contributed by atoms with van der Waals surface area (Å²) >= 11 is 2.74. The van der Waals surface area contributed by atoms with Gasteiger partial charge in [0.25, 0.3) is 11.8 Å². The van der Waals surface area contributed by atoms with E-state index in [4.69, 9.17) is 4.74 Å². The van der Waals surface area contributed by atoms with E-state index in [2.05, 4.69) is 10.6 Å². The van der Waals surface area contributed by atoms with Crippen molar-refractivity contribution >= 4 is 64.2 Å². The maximum Gasteiger partial charge on any atom is 0.272 e. The fourth-order valence-corrected chi connectivity index (χ4v) is 5.97. The maximum absolute atomic E-state index is 13.2. The molecule has 1 aliphatic rings. The Morgan fingerprint density at radius 3 is 2.38 bits per heavy atom. The van der Waals surface area contributed by atoms with Crippen LogP contribution in [0.1, 0.15) is 28.6 Å². The Balaban J connectivity index is 1.23. The topological polar surface area (TPSA) is 105 Å². The van der Waals surface area contributed by atoms with Gasteiger partial charge in [0.15, 0.2) is 0 Å². The molecule has 212 valence electrons. The lowest BCUT2D eigenvalue weighted by Gasteiger charge is -2.15. The smallest absolute Gasteiger partial charge is 0.272 e. The summed E-state index contributed by atoms with van der Waals surface area (Å²) in [7, 11) is 0. The fraction of sp³-hybridized carbons (Fsp3) is 0.125. The number of anilines is 2. The van der Waals surface area contributed by atoms with Crippen LogP contribution >= 0.6 is 23.1 Å². The van der Waals surface area contributed by atoms with Crippen LogP contribution in [0.2, 0.25) is 0 Å². The summed E-state index contributed by atoms with van der Waals surface area (Å²) in [6.07, 6.45) is 1.72. The lowest BCUT2D eigenvalue weighted by molar-refractivity contribution is -0.121. The summed E-state index contributed by atoms with van der Waals surface area (Å²) in [4.78, 5) is 54.5. The molecule has 1 atom stereocenters. The van der Waals surface area contributed by atoms with Gasteiger partial charge in [-0.3, -0.25) is 19.2 Å². The molecule has 42 heavy (non-hydrogen) atoms. The highest BCUT2D eigenvalue weighted by molar-refractivity contribution is 8.00. The zero-order valence-electron chi connectivity index (χ0n) is 22.6. The fourth-order valence-electron chi connectivity index (χ4n) is 4.26. The van der Waals surface area contributed by atoms with Gasteiger partial charge in [0.1, 0.15) is 11.4 Å². The Morgan fingerprint density at radius 1 is 0.976 bits per heavy atom. The van der Waals surface area contributed by atoms with E-state index in [-0.39, 0.29) is 23.9 Å². The molecule has 4 aromatic rings. The highest BCUT2D eigenvalue weighted by Crippen LogP contribution is 2.35. The molecule has 2 N–H and O–H groups in total. The van der Waals surface area contributed by atoms with Crippen LogP contribution in [0.3, 0.4) is 0 Å². The Hall–Kier alpha value is -4.67. The Labute approximate surface area is 251 Å². The van der Waals surface area contributed by atoms with Gasteiger partial charge in [0.05, 0.1) is 17.5 Å². The zero-order chi connectivity index (χ0) is 29.5. The number of nitrogens with zero attached hydrogens (tertiary/aromatic N) is 1. The summed E-state index contributed by atoms with van der Waals surface area (Å²) in [5.74, 6) is -0.727. The van der Waals surface area contributed by atoms with Gasteiger partial charge in [0.2, 0.25) is 11.8 Å². The minimum absolute atomic E-state index is 0.0905. The minimum Gasteiger partial charge on any atom is -0.494 e. The van der Waals surface area contributed by atoms with E-state index in [0.29, 0.717) is 29.3 Å². The molecule has 0 spiro atoms. The number of amides is 4. The molecule has 3 aromatic carbocycles. The number of rotatable bonds is 10. The van der Waals surface area contributed by atoms with Crippen molar-refractivity contribution in [2.24, 2.45) is 0 Å². The second-order valence-corrected chi connectivity index (χ2v) is 11.4. The second kappa shape index (κ2) is 13.3. The van der Waals surface area contributed by atoms with Gasteiger partial charge in [-0.05, 0) is 85.1 Å². The first-order valence-corrected chi connectivity index (χ1v) is 15.0. The molecule has 10 heteroatoms. The van der Waals surface area contributed by atoms with Crippen molar-refractivity contribution in [3.05, 3.63) is 113 Å². The molecule has 0 aliphatic carbocycles. The van der Waals surface area contributed by atoms with E-state index in [9.17, 15) is 19.2 Å². The van der Waals surface area contributed by atoms with Crippen molar-refractivity contribution in [1.82, 2.24) is 5.32 Å². The molecule has 0 radical (unpaired) electrons. The van der Waals surface area contributed by atoms with Crippen LogP contribution in [0.4, 0.5) is 11.4 Å². The van der Waals surface area contributed by atoms with Crippen LogP contribution in [-0.2, 0) is 14.4 Å². The monoisotopic (exact) mass is 597 g/mol. The summed E-state index contributed by atoms with van der Waals surface area (Å²) in [5, 5.41) is 6.87. The number of nitrogens with one attached hydrogen (secondary N) is 2. The standard InChI is InChI=1S/C32H27N3O5S2/c1-2-40-24-14-12-23(13-15-24)35-29(36)20-28(32(35)39)42-25-16-10-22(11-17-25)33-31(38)27(19-26-9-6-18-41-26)34-30(37)21-7-4-3-5-8-21/h3-19,28H,2,20H2,1H3,(H,33,38)(H,34,37)/b27-19-. The predicted octanol–water partition coefficient (Wildman–Crippen LogP) is 5.98. The van der Waals surface area contributed by atoms with Crippen molar-refractivity contribution < 1.29 is 23.9 Å². The summed E-state index contributed by atoms with van der Waals surface area (Å²) in [6, 6.07) is 26.3. The summed E-state index contributed by atoms with van der Waals surface area (Å²) in [5.41, 5.74) is 1.57. The third kappa shape index (κ3) is 6.96. The number of hydrogen-bond donors (Lipinski definition) is 2. The van der Waals surface area contributed by atoms with E-state index < -0.39 is 17.1 Å². The van der Waals surface area contributed by atoms with Crippen LogP contribution in [0, 0.1) is 0 Å². The van der Waals surface area contributed by atoms with Crippen molar-refractivity contribution in [3.8, 4) is 5.75 Å². The number of thiophene rings is 1. The van der Waals surface area contributed by atoms with Gasteiger partial charge in [-0.15, -0.1) is 23.1 Å². The van der Waals surface area contributed by atoms with Gasteiger partial charge in [-0.25, -0.2) is 4.90 Å². The third-order valence-corrected chi connectivity index (χ3v) is 8.28. The molecule has 0 saturated carbocycles. The Morgan fingerprint density at radius 2 is 1.71 bits per heavy atom. The lowest BCUT2D eigenvalue weighted by atomic mass is 10.2. The Bertz CT molecular complexity index is 1600. The van der Waals surface area contributed by atoms with E-state index in [0.717, 1.165) is 9.77 Å². The van der Waals surface area contributed by atoms with Gasteiger partial charge in [-0.1, -0.05) is 24.3 Å². The third-order valence-electron chi connectivity index (χ3n) is 6.26. The number of benzene rings is 3. The first-order chi connectivity index (χ1) is 20.4. The zero-order valence-corrected chi connectivity index (χ0v) is 24.2. The van der Waals surface area contributed by atoms with Gasteiger partial charge in [0, 0.05) is 27.4 Å². The van der Waals surface area contributed by atoms with E-state index in [1.54, 1.807) is 78.9 Å². The number of imide groups is 1. The van der Waals surface area contributed by atoms with Crippen molar-refractivity contribution in [2.45, 2.75) is 23.5 Å². The van der Waals surface area contributed by atoms with E-state index in [1.807, 2.05) is 30.5 Å². The van der Waals surface area contributed by atoms with Crippen LogP contribution in [0.25, 0.3) is 6.08 Å². The van der Waals surface area contributed by atoms with Crippen LogP contribution in [-0.4, -0.2) is 35.5 Å². The number of carbonyl (C=O) groups excluding carboxylic acids is 4. The van der Waals surface area contributed by atoms with E-state index >= 15 is 0 Å². The molecular weight excluding hydrogens is 571 g/mol. The van der Waals surface area contributed by atoms with Crippen LogP contribution < -0.4 is 20.3 Å². The van der Waals surface area contributed by atoms with Crippen LogP contribution in [0.5, 0.6) is 5.75 Å². The summed E-state index contributed by atoms with van der Waals surface area (Å²) in [6.45, 7) is 2.41. The highest BCUT2D eigenvalue weighted by atomic mass is 32.2. The van der Waals surface area contributed by atoms with Crippen LogP contribution in [0.15, 0.2) is 107 Å². The Kier molecular flexibility index (Phi) is 9.15. The molecule has 1 aliphatic heterocycles. The van der Waals surface area contributed by atoms with Crippen molar-refractivity contribution in [2.75, 3.05) is 16.8 Å². The number of ether oxygens (including phenoxy) is 1. The first kappa shape index (κ1) is 28.8. The minimum atomic E-state index is -0.557. The molecule has 1 aromatic heterocycles. The van der Waals surface area contributed by atoms with Gasteiger partial charge < -0.3 is 15.4 Å². The number of thioether (sulfide) groups is 1. The number of carbonyl (C=O) groups is 4. The maximum atomic E-state index is 13.2. The van der Waals surface area contributed by atoms with E-state index in [1.165, 1.54) is 28.0 Å². The molecular formula is C32H27N3O5S2. The van der Waals surface area contributed by atoms with Crippen molar-refractivity contribution in [1.29, 1.82) is 0 Å². The molecule has 5 rings (SSSR count). The molecule has 4 amide bonds. The first-order valence-electron chi connectivity index (χ1n) is 13.2. The largest absolute Gasteiger partial charge is 0.494 e. The molecule has 1 saturated heterocycles. The molecule has 2 heterocycles. The second-order valence-electron chi connectivity index (χ2n) is 9.18. The SMILES string of the molecule is CCOc1ccc(N2C(=O)CC(Sc3ccc(NC(=O)/C(=C/c4cccs4)NC(=O)c4ccccc4)cc3)C2=O)cc1. The highest BCUT2D eigenvalue weighted by Gasteiger charge is 2.40. The average molecular weight is 598 g/mol. The molecule has 8 nitrogen and oxygen atoms in total. The molecule has 1 fully saturated rings. The van der Waals surface area contributed by atoms with Crippen molar-refractivity contribution in [3.63, 3.8) is 0 Å². The molecule has 1 unspecified atom stereocenters. The van der Waals surface area contributed by atoms with Gasteiger partial charge in [-0.2, -0.15) is 0 Å². The predicted molar refractivity (Wildman–Crippen MR) is 166 cm³/mol. The van der Waals surface area contributed by atoms with Gasteiger partial charge >= 0.3 is 0 Å². The quantitative estimate of drug-likeness (QED) is 0.172. The lowest BCUT2D eigenvalue weighted by Crippen LogP contribution is -2.31. The molecule has 0 bridgehead atoms. The number of hydrogen-bond acceptors (Lipinski definition) is 7.